The molecule has 0 bridgehead atoms. The van der Waals surface area contributed by atoms with Gasteiger partial charge in [-0.1, -0.05) is 35.9 Å². The fourth-order valence-electron chi connectivity index (χ4n) is 4.44. The summed E-state index contributed by atoms with van der Waals surface area (Å²) in [6.07, 6.45) is 11.8. The smallest absolute Gasteiger partial charge is 0.420 e. The van der Waals surface area contributed by atoms with Crippen LogP contribution in [0.5, 0.6) is 11.5 Å². The van der Waals surface area contributed by atoms with Crippen molar-refractivity contribution in [1.29, 1.82) is 0 Å². The van der Waals surface area contributed by atoms with Gasteiger partial charge in [-0.3, -0.25) is 24.3 Å². The summed E-state index contributed by atoms with van der Waals surface area (Å²) in [7, 11) is 0. The number of amides is 2. The number of benzene rings is 2. The number of rotatable bonds is 7. The van der Waals surface area contributed by atoms with Gasteiger partial charge < -0.3 is 24.1 Å². The highest BCUT2D eigenvalue weighted by Crippen LogP contribution is 2.32. The molecule has 228 valence electrons. The van der Waals surface area contributed by atoms with Crippen LogP contribution < -0.4 is 20.5 Å². The molecular formula is C29H26ClN5O8S. The summed E-state index contributed by atoms with van der Waals surface area (Å²) in [5, 5.41) is 13.2. The third-order valence-corrected chi connectivity index (χ3v) is 7.65. The van der Waals surface area contributed by atoms with Crippen LogP contribution in [0.15, 0.2) is 70.0 Å². The number of thiazole rings is 1. The number of aromatic nitrogens is 2. The van der Waals surface area contributed by atoms with E-state index in [2.05, 4.69) is 10.3 Å². The Morgan fingerprint density at radius 1 is 1.09 bits per heavy atom. The number of anilines is 1. The minimum absolute atomic E-state index is 0.0746. The molecular weight excluding hydrogens is 614 g/mol. The van der Waals surface area contributed by atoms with Crippen molar-refractivity contribution in [2.75, 3.05) is 25.2 Å². The summed E-state index contributed by atoms with van der Waals surface area (Å²) in [6, 6.07) is 10.4. The Kier molecular flexibility index (Phi) is 9.72. The first-order chi connectivity index (χ1) is 21.3. The third-order valence-electron chi connectivity index (χ3n) is 6.55. The number of nitrogens with zero attached hydrogens (tertiary/aromatic N) is 4. The molecule has 4 heterocycles. The van der Waals surface area contributed by atoms with Gasteiger partial charge in [-0.05, 0) is 60.4 Å². The van der Waals surface area contributed by atoms with Gasteiger partial charge in [0.15, 0.2) is 22.2 Å². The van der Waals surface area contributed by atoms with Crippen LogP contribution in [-0.4, -0.2) is 51.1 Å². The monoisotopic (exact) mass is 639 g/mol. The van der Waals surface area contributed by atoms with Crippen LogP contribution in [-0.2, 0) is 16.1 Å². The van der Waals surface area contributed by atoms with E-state index in [-0.39, 0.29) is 35.0 Å². The van der Waals surface area contributed by atoms with Crippen LogP contribution in [0.1, 0.15) is 24.8 Å². The molecule has 0 spiro atoms. The van der Waals surface area contributed by atoms with Crippen molar-refractivity contribution < 1.29 is 28.4 Å². The highest BCUT2D eigenvalue weighted by molar-refractivity contribution is 7.18. The van der Waals surface area contributed by atoms with Crippen molar-refractivity contribution in [3.05, 3.63) is 92.1 Å². The standard InChI is InChI=1S/C17H19NO3.C12H7ClN4O5S/c19-17(18-10-4-1-5-11-18)7-3-2-6-14-8-9-15-16(12-14)21-13-20-15;13-6-1-2-7-8(3-6)22-12(19)16(7)5-9(18)15-11-14-4-10(23-11)17(20)21/h2-3,6-9,12H,1,4-5,10-11,13H2;1-4H,5H2,(H,14,15,18). The van der Waals surface area contributed by atoms with Crippen LogP contribution in [0, 0.1) is 10.1 Å². The fraction of sp³-hybridized carbons (Fsp3) is 0.241. The summed E-state index contributed by atoms with van der Waals surface area (Å²) in [5.41, 5.74) is 1.70. The van der Waals surface area contributed by atoms with Gasteiger partial charge in [-0.25, -0.2) is 9.78 Å². The molecule has 1 N–H and O–H groups in total. The quantitative estimate of drug-likeness (QED) is 0.123. The topological polar surface area (TPSA) is 159 Å². The van der Waals surface area contributed by atoms with E-state index in [0.29, 0.717) is 10.5 Å². The number of ether oxygens (including phenoxy) is 2. The molecule has 0 unspecified atom stereocenters. The van der Waals surface area contributed by atoms with Crippen molar-refractivity contribution >= 4 is 62.1 Å². The molecule has 0 saturated carbocycles. The molecule has 1 fully saturated rings. The molecule has 0 atom stereocenters. The molecule has 6 rings (SSSR count). The molecule has 2 aliphatic heterocycles. The molecule has 2 amide bonds. The van der Waals surface area contributed by atoms with Crippen molar-refractivity contribution in [3.63, 3.8) is 0 Å². The van der Waals surface area contributed by atoms with Gasteiger partial charge >= 0.3 is 10.8 Å². The zero-order valence-electron chi connectivity index (χ0n) is 23.1. The molecule has 0 radical (unpaired) electrons. The second-order valence-electron chi connectivity index (χ2n) is 9.59. The first kappa shape index (κ1) is 30.5. The van der Waals surface area contributed by atoms with E-state index in [4.69, 9.17) is 25.5 Å². The molecule has 0 aliphatic carbocycles. The van der Waals surface area contributed by atoms with Crippen molar-refractivity contribution in [3.8, 4) is 11.5 Å². The van der Waals surface area contributed by atoms with Gasteiger partial charge in [0, 0.05) is 30.3 Å². The van der Waals surface area contributed by atoms with Crippen LogP contribution in [0.4, 0.5) is 10.1 Å². The van der Waals surface area contributed by atoms with Crippen molar-refractivity contribution in [1.82, 2.24) is 14.5 Å². The Morgan fingerprint density at radius 3 is 2.66 bits per heavy atom. The Hall–Kier alpha value is -4.95. The van der Waals surface area contributed by atoms with Crippen LogP contribution in [0.3, 0.4) is 0 Å². The molecule has 4 aromatic rings. The van der Waals surface area contributed by atoms with Gasteiger partial charge in [0.1, 0.15) is 12.7 Å². The molecule has 2 aromatic heterocycles. The summed E-state index contributed by atoms with van der Waals surface area (Å²) >= 11 is 6.53. The third kappa shape index (κ3) is 7.71. The maximum atomic E-state index is 12.0. The summed E-state index contributed by atoms with van der Waals surface area (Å²) in [4.78, 5) is 51.3. The highest BCUT2D eigenvalue weighted by atomic mass is 35.5. The van der Waals surface area contributed by atoms with E-state index >= 15 is 0 Å². The highest BCUT2D eigenvalue weighted by Gasteiger charge is 2.17. The van der Waals surface area contributed by atoms with E-state index in [1.807, 2.05) is 35.3 Å². The number of oxazole rings is 1. The molecule has 2 aromatic carbocycles. The minimum Gasteiger partial charge on any atom is -0.454 e. The summed E-state index contributed by atoms with van der Waals surface area (Å²) in [6.45, 7) is 1.73. The Bertz CT molecular complexity index is 1800. The lowest BCUT2D eigenvalue weighted by Crippen LogP contribution is -2.34. The second kappa shape index (κ2) is 14.0. The van der Waals surface area contributed by atoms with Crippen LogP contribution >= 0.6 is 22.9 Å². The van der Waals surface area contributed by atoms with Crippen LogP contribution in [0.2, 0.25) is 5.02 Å². The van der Waals surface area contributed by atoms with Gasteiger partial charge in [0.2, 0.25) is 18.6 Å². The number of nitrogens with one attached hydrogen (secondary N) is 1. The number of likely N-dealkylation sites (tertiary alicyclic amines) is 1. The van der Waals surface area contributed by atoms with E-state index in [1.165, 1.54) is 12.5 Å². The first-order valence-corrected chi connectivity index (χ1v) is 14.7. The zero-order chi connectivity index (χ0) is 31.1. The number of piperidine rings is 1. The van der Waals surface area contributed by atoms with Crippen molar-refractivity contribution in [2.24, 2.45) is 0 Å². The number of carbonyl (C=O) groups is 2. The molecule has 13 nitrogen and oxygen atoms in total. The van der Waals surface area contributed by atoms with Gasteiger partial charge in [0.05, 0.1) is 10.4 Å². The average molecular weight is 640 g/mol. The minimum atomic E-state index is -0.706. The number of hydrogen-bond donors (Lipinski definition) is 1. The number of halogens is 1. The zero-order valence-corrected chi connectivity index (χ0v) is 24.7. The average Bonchev–Trinajstić information content (AvgIpc) is 3.75. The maximum absolute atomic E-state index is 12.0. The van der Waals surface area contributed by atoms with E-state index in [9.17, 15) is 24.5 Å². The molecule has 15 heteroatoms. The predicted octanol–water partition coefficient (Wildman–Crippen LogP) is 5.25. The maximum Gasteiger partial charge on any atom is 0.420 e. The van der Waals surface area contributed by atoms with E-state index in [0.717, 1.165) is 65.1 Å². The van der Waals surface area contributed by atoms with Gasteiger partial charge in [-0.15, -0.1) is 0 Å². The Balaban J connectivity index is 0.000000175. The number of allylic oxidation sites excluding steroid dienone is 2. The summed E-state index contributed by atoms with van der Waals surface area (Å²) < 4.78 is 16.7. The molecule has 2 aliphatic rings. The Labute approximate surface area is 259 Å². The number of fused-ring (bicyclic) bond motifs is 2. The molecule has 1 saturated heterocycles. The molecule has 44 heavy (non-hydrogen) atoms. The predicted molar refractivity (Wildman–Crippen MR) is 164 cm³/mol. The van der Waals surface area contributed by atoms with E-state index in [1.54, 1.807) is 24.3 Å². The van der Waals surface area contributed by atoms with Crippen molar-refractivity contribution in [2.45, 2.75) is 25.8 Å². The van der Waals surface area contributed by atoms with E-state index < -0.39 is 16.6 Å². The Morgan fingerprint density at radius 2 is 1.89 bits per heavy atom. The first-order valence-electron chi connectivity index (χ1n) is 13.5. The SMILES string of the molecule is O=C(C=CC=Cc1ccc2c(c1)OCO2)N1CCCCC1.O=C(Cn1c(=O)oc2cc(Cl)ccc21)Nc1ncc([N+](=O)[O-])s1. The normalized spacial score (nSPS) is 14.2. The lowest BCUT2D eigenvalue weighted by atomic mass is 10.1. The lowest BCUT2D eigenvalue weighted by molar-refractivity contribution is -0.380. The lowest BCUT2D eigenvalue weighted by Gasteiger charge is -2.25. The second-order valence-corrected chi connectivity index (χ2v) is 11.0. The number of carbonyl (C=O) groups excluding carboxylic acids is 2. The van der Waals surface area contributed by atoms with Crippen LogP contribution in [0.25, 0.3) is 17.2 Å². The largest absolute Gasteiger partial charge is 0.454 e. The van der Waals surface area contributed by atoms with Gasteiger partial charge in [-0.2, -0.15) is 0 Å². The number of nitro groups is 1. The number of hydrogen-bond acceptors (Lipinski definition) is 10. The summed E-state index contributed by atoms with van der Waals surface area (Å²) in [5.74, 6) is 0.384. The van der Waals surface area contributed by atoms with Gasteiger partial charge in [0.25, 0.3) is 0 Å². The fourth-order valence-corrected chi connectivity index (χ4v) is 5.25.